The third-order valence-corrected chi connectivity index (χ3v) is 6.06. The lowest BCUT2D eigenvalue weighted by molar-refractivity contribution is 0.0932. The quantitative estimate of drug-likeness (QED) is 0.530. The molecule has 2 aromatic rings. The van der Waals surface area contributed by atoms with E-state index in [-0.39, 0.29) is 30.5 Å². The van der Waals surface area contributed by atoms with Crippen LogP contribution in [0.5, 0.6) is 0 Å². The van der Waals surface area contributed by atoms with Crippen molar-refractivity contribution in [1.82, 2.24) is 19.7 Å². The molecule has 0 radical (unpaired) electrons. The van der Waals surface area contributed by atoms with Crippen LogP contribution in [0.25, 0.3) is 0 Å². The van der Waals surface area contributed by atoms with E-state index in [0.717, 1.165) is 32.3 Å². The molecule has 3 heterocycles. The van der Waals surface area contributed by atoms with Gasteiger partial charge < -0.3 is 10.1 Å². The zero-order chi connectivity index (χ0) is 21.8. The summed E-state index contributed by atoms with van der Waals surface area (Å²) in [5, 5.41) is 12.6. The summed E-state index contributed by atoms with van der Waals surface area (Å²) >= 11 is 0. The zero-order valence-electron chi connectivity index (χ0n) is 17.0. The van der Waals surface area contributed by atoms with Crippen molar-refractivity contribution in [3.8, 4) is 0 Å². The lowest BCUT2D eigenvalue weighted by Crippen LogP contribution is -2.22. The van der Waals surface area contributed by atoms with Crippen molar-refractivity contribution in [1.29, 1.82) is 0 Å². The fraction of sp³-hybridized carbons (Fsp3) is 0.579. The molecule has 11 nitrogen and oxygen atoms in total. The van der Waals surface area contributed by atoms with Crippen LogP contribution in [0.15, 0.2) is 24.8 Å². The first-order chi connectivity index (χ1) is 14.9. The van der Waals surface area contributed by atoms with Gasteiger partial charge in [0.25, 0.3) is 0 Å². The SMILES string of the molecule is NS(=O)(=O)OC[C@@H]1CC[C@H](Nc2ncncc2C(=O)c2ccn(CC3CCCO3)n2)C1. The topological polar surface area (TPSA) is 151 Å². The summed E-state index contributed by atoms with van der Waals surface area (Å²) in [6, 6.07) is 1.72. The number of carbonyl (C=O) groups is 1. The van der Waals surface area contributed by atoms with Crippen molar-refractivity contribution >= 4 is 21.9 Å². The van der Waals surface area contributed by atoms with Gasteiger partial charge in [0.05, 0.1) is 24.8 Å². The van der Waals surface area contributed by atoms with Gasteiger partial charge in [0.2, 0.25) is 5.78 Å². The Hall–Kier alpha value is -2.41. The summed E-state index contributed by atoms with van der Waals surface area (Å²) in [5.74, 6) is 0.235. The molecule has 0 spiro atoms. The summed E-state index contributed by atoms with van der Waals surface area (Å²) in [6.07, 6.45) is 9.08. The van der Waals surface area contributed by atoms with Gasteiger partial charge in [-0.2, -0.15) is 13.5 Å². The molecule has 1 aliphatic carbocycles. The monoisotopic (exact) mass is 450 g/mol. The fourth-order valence-electron chi connectivity index (χ4n) is 4.07. The molecule has 168 valence electrons. The van der Waals surface area contributed by atoms with Gasteiger partial charge in [-0.25, -0.2) is 15.1 Å². The summed E-state index contributed by atoms with van der Waals surface area (Å²) < 4.78 is 34.0. The summed E-state index contributed by atoms with van der Waals surface area (Å²) in [7, 11) is -3.94. The largest absolute Gasteiger partial charge is 0.376 e. The Labute approximate surface area is 180 Å². The first-order valence-electron chi connectivity index (χ1n) is 10.3. The van der Waals surface area contributed by atoms with Gasteiger partial charge in [-0.1, -0.05) is 0 Å². The lowest BCUT2D eigenvalue weighted by Gasteiger charge is -2.15. The highest BCUT2D eigenvalue weighted by molar-refractivity contribution is 7.84. The minimum atomic E-state index is -3.94. The van der Waals surface area contributed by atoms with Crippen molar-refractivity contribution in [2.75, 3.05) is 18.5 Å². The molecule has 0 aromatic carbocycles. The molecule has 1 unspecified atom stereocenters. The number of nitrogens with two attached hydrogens (primary N) is 1. The molecule has 2 aliphatic rings. The van der Waals surface area contributed by atoms with Gasteiger partial charge in [-0.3, -0.25) is 13.7 Å². The number of hydrogen-bond donors (Lipinski definition) is 2. The van der Waals surface area contributed by atoms with Crippen LogP contribution in [0.2, 0.25) is 0 Å². The van der Waals surface area contributed by atoms with E-state index in [1.165, 1.54) is 12.5 Å². The molecule has 1 aliphatic heterocycles. The second kappa shape index (κ2) is 9.39. The Bertz CT molecular complexity index is 1020. The third-order valence-electron chi connectivity index (χ3n) is 5.59. The molecule has 1 saturated heterocycles. The number of nitrogens with one attached hydrogen (secondary N) is 1. The van der Waals surface area contributed by atoms with E-state index in [0.29, 0.717) is 30.0 Å². The molecule has 0 bridgehead atoms. The average molecular weight is 451 g/mol. The Kier molecular flexibility index (Phi) is 6.60. The van der Waals surface area contributed by atoms with Gasteiger partial charge in [-0.15, -0.1) is 0 Å². The maximum absolute atomic E-state index is 13.0. The number of ketones is 1. The molecule has 4 rings (SSSR count). The van der Waals surface area contributed by atoms with Crippen molar-refractivity contribution < 1.29 is 22.1 Å². The van der Waals surface area contributed by atoms with Crippen molar-refractivity contribution in [3.05, 3.63) is 36.0 Å². The van der Waals surface area contributed by atoms with E-state index >= 15 is 0 Å². The van der Waals surface area contributed by atoms with Gasteiger partial charge in [0, 0.05) is 25.0 Å². The number of aromatic nitrogens is 4. The second-order valence-corrected chi connectivity index (χ2v) is 9.19. The number of carbonyl (C=O) groups excluding carboxylic acids is 1. The van der Waals surface area contributed by atoms with E-state index in [9.17, 15) is 13.2 Å². The second-order valence-electron chi connectivity index (χ2n) is 7.97. The standard InChI is InChI=1S/C19H26N6O5S/c20-31(27,28)30-11-13-3-4-14(8-13)23-19-16(9-21-12-22-19)18(26)17-5-6-25(24-17)10-15-2-1-7-29-15/h5-6,9,12-15H,1-4,7-8,10-11H2,(H2,20,27,28)(H,21,22,23)/t13-,14+,15?/m1/s1. The van der Waals surface area contributed by atoms with E-state index in [1.54, 1.807) is 16.9 Å². The summed E-state index contributed by atoms with van der Waals surface area (Å²) in [6.45, 7) is 1.44. The minimum Gasteiger partial charge on any atom is -0.376 e. The van der Waals surface area contributed by atoms with Crippen LogP contribution >= 0.6 is 0 Å². The molecule has 1 saturated carbocycles. The lowest BCUT2D eigenvalue weighted by atomic mass is 10.1. The van der Waals surface area contributed by atoms with Gasteiger partial charge in [-0.05, 0) is 44.1 Å². The Balaban J connectivity index is 1.39. The number of ether oxygens (including phenoxy) is 1. The number of hydrogen-bond acceptors (Lipinski definition) is 9. The number of nitrogens with zero attached hydrogens (tertiary/aromatic N) is 4. The van der Waals surface area contributed by atoms with E-state index in [4.69, 9.17) is 14.1 Å². The van der Waals surface area contributed by atoms with Crippen molar-refractivity contribution in [3.63, 3.8) is 0 Å². The maximum Gasteiger partial charge on any atom is 0.333 e. The predicted molar refractivity (Wildman–Crippen MR) is 110 cm³/mol. The van der Waals surface area contributed by atoms with Gasteiger partial charge in [0.1, 0.15) is 17.8 Å². The number of anilines is 1. The highest BCUT2D eigenvalue weighted by Gasteiger charge is 2.28. The molecule has 3 atom stereocenters. The van der Waals surface area contributed by atoms with E-state index in [1.807, 2.05) is 0 Å². The molecule has 3 N–H and O–H groups in total. The molecule has 2 aromatic heterocycles. The molecule has 12 heteroatoms. The Morgan fingerprint density at radius 1 is 1.35 bits per heavy atom. The molecule has 31 heavy (non-hydrogen) atoms. The van der Waals surface area contributed by atoms with Crippen LogP contribution in [0.4, 0.5) is 5.82 Å². The van der Waals surface area contributed by atoms with Crippen LogP contribution in [-0.4, -0.2) is 59.3 Å². The normalized spacial score (nSPS) is 23.8. The third kappa shape index (κ3) is 5.85. The molecule has 2 fully saturated rings. The zero-order valence-corrected chi connectivity index (χ0v) is 17.8. The van der Waals surface area contributed by atoms with Crippen LogP contribution in [0.3, 0.4) is 0 Å². The van der Waals surface area contributed by atoms with Gasteiger partial charge >= 0.3 is 10.3 Å². The molecular weight excluding hydrogens is 424 g/mol. The highest BCUT2D eigenvalue weighted by Crippen LogP contribution is 2.29. The smallest absolute Gasteiger partial charge is 0.333 e. The van der Waals surface area contributed by atoms with Crippen LogP contribution in [0.1, 0.15) is 48.2 Å². The molecule has 0 amide bonds. The van der Waals surface area contributed by atoms with E-state index in [2.05, 4.69) is 20.4 Å². The summed E-state index contributed by atoms with van der Waals surface area (Å²) in [4.78, 5) is 21.3. The predicted octanol–water partition coefficient (Wildman–Crippen LogP) is 0.884. The fourth-order valence-corrected chi connectivity index (χ4v) is 4.45. The van der Waals surface area contributed by atoms with Crippen molar-refractivity contribution in [2.45, 2.75) is 50.8 Å². The van der Waals surface area contributed by atoms with Crippen LogP contribution in [-0.2, 0) is 25.8 Å². The first kappa shape index (κ1) is 21.8. The van der Waals surface area contributed by atoms with E-state index < -0.39 is 10.3 Å². The van der Waals surface area contributed by atoms with Gasteiger partial charge in [0.15, 0.2) is 0 Å². The van der Waals surface area contributed by atoms with Crippen molar-refractivity contribution in [2.24, 2.45) is 11.1 Å². The number of rotatable bonds is 9. The average Bonchev–Trinajstić information content (AvgIpc) is 3.49. The molecular formula is C19H26N6O5S. The van der Waals surface area contributed by atoms with Crippen LogP contribution in [0, 0.1) is 5.92 Å². The Morgan fingerprint density at radius 2 is 2.23 bits per heavy atom. The Morgan fingerprint density at radius 3 is 3.00 bits per heavy atom. The van der Waals surface area contributed by atoms with Crippen LogP contribution < -0.4 is 10.5 Å². The summed E-state index contributed by atoms with van der Waals surface area (Å²) in [5.41, 5.74) is 0.663. The minimum absolute atomic E-state index is 0.0348. The maximum atomic E-state index is 13.0. The first-order valence-corrected chi connectivity index (χ1v) is 11.8. The highest BCUT2D eigenvalue weighted by atomic mass is 32.2.